The Hall–Kier alpha value is -0.135. The summed E-state index contributed by atoms with van der Waals surface area (Å²) in [5, 5.41) is 30.6. The Bertz CT molecular complexity index is 39.2. The highest BCUT2D eigenvalue weighted by molar-refractivity contribution is 6.32. The average Bonchev–Trinajstić information content (AvgIpc) is 1.89. The minimum atomic E-state index is -1.62. The molecule has 0 aliphatic heterocycles. The lowest BCUT2D eigenvalue weighted by molar-refractivity contribution is 0.186. The summed E-state index contributed by atoms with van der Waals surface area (Å²) in [4.78, 5) is 0. The van der Waals surface area contributed by atoms with Crippen LogP contribution in [0.4, 0.5) is 0 Å². The van der Waals surface area contributed by atoms with Crippen LogP contribution in [0.5, 0.6) is 0 Å². The molecule has 0 fully saturated rings. The van der Waals surface area contributed by atoms with E-state index >= 15 is 0 Å². The molecular formula is C3H11BO5. The van der Waals surface area contributed by atoms with Crippen molar-refractivity contribution in [3.05, 3.63) is 0 Å². The van der Waals surface area contributed by atoms with Crippen molar-refractivity contribution in [2.75, 3.05) is 20.3 Å². The van der Waals surface area contributed by atoms with E-state index in [0.717, 1.165) is 0 Å². The second kappa shape index (κ2) is 10.8. The number of rotatable bonds is 2. The fourth-order valence-electron chi connectivity index (χ4n) is 0. The van der Waals surface area contributed by atoms with Gasteiger partial charge in [0.15, 0.2) is 0 Å². The molecule has 0 aliphatic carbocycles. The summed E-state index contributed by atoms with van der Waals surface area (Å²) < 4.78 is 3.86. The van der Waals surface area contributed by atoms with Gasteiger partial charge in [-0.3, -0.25) is 0 Å². The van der Waals surface area contributed by atoms with Crippen molar-refractivity contribution in [3.8, 4) is 0 Å². The van der Waals surface area contributed by atoms with E-state index in [-0.39, 0.29) is 13.2 Å². The van der Waals surface area contributed by atoms with Crippen LogP contribution >= 0.6 is 0 Å². The molecule has 4 N–H and O–H groups in total. The van der Waals surface area contributed by atoms with Crippen molar-refractivity contribution in [2.45, 2.75) is 0 Å². The lowest BCUT2D eigenvalue weighted by Gasteiger charge is -1.84. The topological polar surface area (TPSA) is 90.2 Å². The lowest BCUT2D eigenvalue weighted by Crippen LogP contribution is -2.12. The zero-order valence-electron chi connectivity index (χ0n) is 5.19. The molecule has 0 amide bonds. The zero-order chi connectivity index (χ0) is 7.70. The summed E-state index contributed by atoms with van der Waals surface area (Å²) in [6.07, 6.45) is 0. The third-order valence-corrected chi connectivity index (χ3v) is 0.311. The van der Waals surface area contributed by atoms with E-state index < -0.39 is 7.32 Å². The van der Waals surface area contributed by atoms with Gasteiger partial charge < -0.3 is 24.9 Å². The predicted molar refractivity (Wildman–Crippen MR) is 31.4 cm³/mol. The summed E-state index contributed by atoms with van der Waals surface area (Å²) in [5.74, 6) is 0. The first kappa shape index (κ1) is 11.6. The monoisotopic (exact) mass is 138 g/mol. The van der Waals surface area contributed by atoms with Gasteiger partial charge in [-0.2, -0.15) is 0 Å². The lowest BCUT2D eigenvalue weighted by atomic mass is 10.3. The molecule has 0 spiro atoms. The zero-order valence-corrected chi connectivity index (χ0v) is 5.19. The fraction of sp³-hybridized carbons (Fsp3) is 1.00. The Labute approximate surface area is 53.7 Å². The van der Waals surface area contributed by atoms with E-state index in [0.29, 0.717) is 0 Å². The molecule has 0 atom stereocenters. The molecule has 0 saturated heterocycles. The summed E-state index contributed by atoms with van der Waals surface area (Å²) >= 11 is 0. The maximum atomic E-state index is 7.69. The van der Waals surface area contributed by atoms with E-state index in [9.17, 15) is 0 Å². The van der Waals surface area contributed by atoms with Crippen LogP contribution in [-0.4, -0.2) is 47.9 Å². The van der Waals surface area contributed by atoms with Gasteiger partial charge in [0, 0.05) is 7.11 Å². The number of hydrogen-bond acceptors (Lipinski definition) is 5. The molecule has 0 rings (SSSR count). The van der Waals surface area contributed by atoms with E-state index in [1.165, 1.54) is 7.11 Å². The average molecular weight is 138 g/mol. The van der Waals surface area contributed by atoms with Gasteiger partial charge in [0.1, 0.15) is 0 Å². The highest BCUT2D eigenvalue weighted by atomic mass is 16.6. The number of hydrogen-bond donors (Lipinski definition) is 4. The number of aliphatic hydroxyl groups excluding tert-OH is 2. The molecule has 0 aromatic rings. The summed E-state index contributed by atoms with van der Waals surface area (Å²) in [6.45, 7) is -0.250. The van der Waals surface area contributed by atoms with Crippen molar-refractivity contribution >= 4 is 7.32 Å². The molecule has 9 heavy (non-hydrogen) atoms. The van der Waals surface area contributed by atoms with Gasteiger partial charge in [-0.05, 0) is 0 Å². The first-order valence-corrected chi connectivity index (χ1v) is 2.29. The molecule has 0 bridgehead atoms. The largest absolute Gasteiger partial charge is 0.633 e. The second-order valence-electron chi connectivity index (χ2n) is 1.01. The molecule has 6 heteroatoms. The van der Waals surface area contributed by atoms with Crippen LogP contribution in [0, 0.1) is 0 Å². The van der Waals surface area contributed by atoms with Crippen molar-refractivity contribution in [1.29, 1.82) is 0 Å². The molecule has 0 aromatic heterocycles. The maximum absolute atomic E-state index is 7.69. The van der Waals surface area contributed by atoms with Crippen molar-refractivity contribution in [3.63, 3.8) is 0 Å². The second-order valence-corrected chi connectivity index (χ2v) is 1.01. The van der Waals surface area contributed by atoms with Crippen LogP contribution in [0.1, 0.15) is 0 Å². The molecule has 0 aromatic carbocycles. The maximum Gasteiger partial charge on any atom is 0.633 e. The summed E-state index contributed by atoms with van der Waals surface area (Å²) in [5.41, 5.74) is 0. The molecule has 56 valence electrons. The Morgan fingerprint density at radius 2 is 1.44 bits per heavy atom. The minimum absolute atomic E-state index is 0.125. The van der Waals surface area contributed by atoms with Gasteiger partial charge in [0.05, 0.1) is 13.2 Å². The first-order valence-electron chi connectivity index (χ1n) is 2.29. The van der Waals surface area contributed by atoms with Gasteiger partial charge in [-0.15, -0.1) is 0 Å². The highest BCUT2D eigenvalue weighted by Gasteiger charge is 2.00. The van der Waals surface area contributed by atoms with Crippen LogP contribution in [-0.2, 0) is 4.65 Å². The molecule has 0 radical (unpaired) electrons. The Morgan fingerprint density at radius 1 is 1.22 bits per heavy atom. The standard InChI is InChI=1S/C2H6O2.CH5BO3/c3-1-2-4;1-5-2(3)4/h3-4H,1-2H2;3-4H,1H3. The Morgan fingerprint density at radius 3 is 1.44 bits per heavy atom. The van der Waals surface area contributed by atoms with E-state index in [2.05, 4.69) is 4.65 Å². The van der Waals surface area contributed by atoms with Crippen molar-refractivity contribution in [1.82, 2.24) is 0 Å². The van der Waals surface area contributed by atoms with Gasteiger partial charge in [0.2, 0.25) is 0 Å². The third-order valence-electron chi connectivity index (χ3n) is 0.311. The van der Waals surface area contributed by atoms with E-state index in [1.54, 1.807) is 0 Å². The smallest absolute Gasteiger partial charge is 0.402 e. The van der Waals surface area contributed by atoms with Crippen molar-refractivity contribution in [2.24, 2.45) is 0 Å². The molecule has 0 saturated carbocycles. The summed E-state index contributed by atoms with van der Waals surface area (Å²) in [6, 6.07) is 0. The minimum Gasteiger partial charge on any atom is -0.402 e. The van der Waals surface area contributed by atoms with Gasteiger partial charge in [-0.25, -0.2) is 0 Å². The normalized spacial score (nSPS) is 7.67. The van der Waals surface area contributed by atoms with Crippen LogP contribution in [0.2, 0.25) is 0 Å². The number of aliphatic hydroxyl groups is 2. The van der Waals surface area contributed by atoms with E-state index in [1.807, 2.05) is 0 Å². The van der Waals surface area contributed by atoms with Crippen LogP contribution in [0.3, 0.4) is 0 Å². The SMILES string of the molecule is COB(O)O.OCCO. The van der Waals surface area contributed by atoms with Crippen LogP contribution < -0.4 is 0 Å². The van der Waals surface area contributed by atoms with E-state index in [4.69, 9.17) is 20.3 Å². The Balaban J connectivity index is 0. The third kappa shape index (κ3) is 33.0. The van der Waals surface area contributed by atoms with Gasteiger partial charge >= 0.3 is 7.32 Å². The predicted octanol–water partition coefficient (Wildman–Crippen LogP) is -2.43. The van der Waals surface area contributed by atoms with Gasteiger partial charge in [-0.1, -0.05) is 0 Å². The quantitative estimate of drug-likeness (QED) is 0.318. The fourth-order valence-corrected chi connectivity index (χ4v) is 0. The molecule has 0 unspecified atom stereocenters. The van der Waals surface area contributed by atoms with Gasteiger partial charge in [0.25, 0.3) is 0 Å². The summed E-state index contributed by atoms with van der Waals surface area (Å²) in [7, 11) is -0.417. The molecular weight excluding hydrogens is 127 g/mol. The molecule has 5 nitrogen and oxygen atoms in total. The molecule has 0 heterocycles. The molecule has 0 aliphatic rings. The highest BCUT2D eigenvalue weighted by Crippen LogP contribution is 1.59. The first-order chi connectivity index (χ1) is 4.18. The van der Waals surface area contributed by atoms with Crippen molar-refractivity contribution < 1.29 is 24.9 Å². The Kier molecular flexibility index (Phi) is 13.9. The van der Waals surface area contributed by atoms with Crippen LogP contribution in [0.15, 0.2) is 0 Å². The van der Waals surface area contributed by atoms with Crippen LogP contribution in [0.25, 0.3) is 0 Å².